The van der Waals surface area contributed by atoms with Gasteiger partial charge in [0.15, 0.2) is 5.78 Å². The first-order valence-corrected chi connectivity index (χ1v) is 10.6. The second-order valence-corrected chi connectivity index (χ2v) is 9.19. The molecule has 2 aromatic rings. The molecule has 0 aliphatic heterocycles. The van der Waals surface area contributed by atoms with Gasteiger partial charge in [-0.1, -0.05) is 31.8 Å². The number of hydrogen-bond donors (Lipinski definition) is 0. The number of unbranched alkanes of at least 4 members (excludes halogenated alkanes) is 6. The molecule has 0 aliphatic carbocycles. The zero-order valence-electron chi connectivity index (χ0n) is 13.4. The summed E-state index contributed by atoms with van der Waals surface area (Å²) in [7, 11) is 0. The van der Waals surface area contributed by atoms with E-state index in [1.807, 2.05) is 12.1 Å². The number of hydrogen-bond acceptors (Lipinski definition) is 3. The number of Topliss-reactive ketones (excluding diaryl/α,β-unsaturated/α-hetero) is 1. The third-order valence-electron chi connectivity index (χ3n) is 3.76. The van der Waals surface area contributed by atoms with Crippen LogP contribution in [-0.4, -0.2) is 5.78 Å². The Morgan fingerprint density at radius 1 is 0.957 bits per heavy atom. The van der Waals surface area contributed by atoms with E-state index in [9.17, 15) is 4.79 Å². The molecule has 0 N–H and O–H groups in total. The van der Waals surface area contributed by atoms with E-state index in [-0.39, 0.29) is 0 Å². The van der Waals surface area contributed by atoms with E-state index in [0.29, 0.717) is 12.2 Å². The highest BCUT2D eigenvalue weighted by molar-refractivity contribution is 9.11. The lowest BCUT2D eigenvalue weighted by atomic mass is 10.1. The van der Waals surface area contributed by atoms with Crippen LogP contribution in [0.5, 0.6) is 0 Å². The predicted molar refractivity (Wildman–Crippen MR) is 107 cm³/mol. The van der Waals surface area contributed by atoms with E-state index in [1.165, 1.54) is 35.4 Å². The first-order valence-electron chi connectivity index (χ1n) is 8.20. The van der Waals surface area contributed by atoms with Crippen molar-refractivity contribution in [3.63, 3.8) is 0 Å². The van der Waals surface area contributed by atoms with Gasteiger partial charge in [0, 0.05) is 16.2 Å². The Morgan fingerprint density at radius 3 is 2.30 bits per heavy atom. The second-order valence-electron chi connectivity index (χ2n) is 5.64. The van der Waals surface area contributed by atoms with Gasteiger partial charge in [0.2, 0.25) is 0 Å². The van der Waals surface area contributed by atoms with Crippen LogP contribution in [0.4, 0.5) is 0 Å². The van der Waals surface area contributed by atoms with Gasteiger partial charge in [-0.15, -0.1) is 29.3 Å². The molecule has 0 unspecified atom stereocenters. The topological polar surface area (TPSA) is 17.1 Å². The van der Waals surface area contributed by atoms with Crippen molar-refractivity contribution in [2.75, 3.05) is 0 Å². The SMILES string of the molecule is C=CCCCCCCCCC(=O)c1ccc(-c2ccc(Br)s2)s1. The minimum absolute atomic E-state index is 0.295. The summed E-state index contributed by atoms with van der Waals surface area (Å²) in [6, 6.07) is 8.19. The van der Waals surface area contributed by atoms with Crippen molar-refractivity contribution in [1.82, 2.24) is 0 Å². The van der Waals surface area contributed by atoms with E-state index >= 15 is 0 Å². The van der Waals surface area contributed by atoms with Gasteiger partial charge in [-0.3, -0.25) is 4.79 Å². The molecule has 1 nitrogen and oxygen atoms in total. The van der Waals surface area contributed by atoms with Gasteiger partial charge in [0.1, 0.15) is 0 Å². The van der Waals surface area contributed by atoms with Crippen LogP contribution in [0.2, 0.25) is 0 Å². The quantitative estimate of drug-likeness (QED) is 0.210. The van der Waals surface area contributed by atoms with E-state index in [4.69, 9.17) is 0 Å². The zero-order valence-corrected chi connectivity index (χ0v) is 16.6. The fraction of sp³-hybridized carbons (Fsp3) is 0.421. The molecule has 124 valence electrons. The maximum atomic E-state index is 12.3. The molecular formula is C19H23BrOS2. The van der Waals surface area contributed by atoms with Crippen LogP contribution in [0.15, 0.2) is 40.7 Å². The minimum atomic E-state index is 0.295. The zero-order chi connectivity index (χ0) is 16.5. The van der Waals surface area contributed by atoms with Gasteiger partial charge < -0.3 is 0 Å². The highest BCUT2D eigenvalue weighted by atomic mass is 79.9. The van der Waals surface area contributed by atoms with Crippen molar-refractivity contribution >= 4 is 44.4 Å². The van der Waals surface area contributed by atoms with Gasteiger partial charge in [-0.05, 0) is 59.5 Å². The molecule has 2 heterocycles. The maximum Gasteiger partial charge on any atom is 0.172 e. The lowest BCUT2D eigenvalue weighted by Gasteiger charge is -2.00. The fourth-order valence-corrected chi connectivity index (χ4v) is 4.92. The van der Waals surface area contributed by atoms with Crippen LogP contribution < -0.4 is 0 Å². The van der Waals surface area contributed by atoms with Crippen molar-refractivity contribution in [3.8, 4) is 9.75 Å². The molecule has 0 bridgehead atoms. The number of carbonyl (C=O) groups excluding carboxylic acids is 1. The van der Waals surface area contributed by atoms with Crippen molar-refractivity contribution < 1.29 is 4.79 Å². The molecule has 0 radical (unpaired) electrons. The van der Waals surface area contributed by atoms with Crippen LogP contribution >= 0.6 is 38.6 Å². The Labute approximate surface area is 155 Å². The van der Waals surface area contributed by atoms with Gasteiger partial charge in [0.25, 0.3) is 0 Å². The lowest BCUT2D eigenvalue weighted by Crippen LogP contribution is -1.95. The summed E-state index contributed by atoms with van der Waals surface area (Å²) in [5.74, 6) is 0.295. The molecule has 0 amide bonds. The van der Waals surface area contributed by atoms with Crippen molar-refractivity contribution in [2.24, 2.45) is 0 Å². The second kappa shape index (κ2) is 10.2. The summed E-state index contributed by atoms with van der Waals surface area (Å²) in [4.78, 5) is 15.6. The molecule has 0 aromatic carbocycles. The highest BCUT2D eigenvalue weighted by Gasteiger charge is 2.11. The molecule has 0 spiro atoms. The molecule has 0 aliphatic rings. The minimum Gasteiger partial charge on any atom is -0.293 e. The molecule has 0 atom stereocenters. The lowest BCUT2D eigenvalue weighted by molar-refractivity contribution is 0.0983. The van der Waals surface area contributed by atoms with Crippen LogP contribution in [-0.2, 0) is 0 Å². The molecule has 0 saturated carbocycles. The molecule has 2 aromatic heterocycles. The predicted octanol–water partition coefficient (Wildman–Crippen LogP) is 7.73. The molecule has 0 saturated heterocycles. The average Bonchev–Trinajstić information content (AvgIpc) is 3.18. The van der Waals surface area contributed by atoms with E-state index in [1.54, 1.807) is 22.7 Å². The number of thiophene rings is 2. The normalized spacial score (nSPS) is 10.8. The van der Waals surface area contributed by atoms with Crippen LogP contribution in [0.1, 0.15) is 61.0 Å². The van der Waals surface area contributed by atoms with Crippen LogP contribution in [0.3, 0.4) is 0 Å². The summed E-state index contributed by atoms with van der Waals surface area (Å²) in [6.07, 6.45) is 11.0. The largest absolute Gasteiger partial charge is 0.293 e. The fourth-order valence-electron chi connectivity index (χ4n) is 2.47. The Bertz CT molecular complexity index is 627. The number of carbonyl (C=O) groups is 1. The molecule has 4 heteroatoms. The van der Waals surface area contributed by atoms with Crippen molar-refractivity contribution in [3.05, 3.63) is 45.6 Å². The third-order valence-corrected chi connectivity index (χ3v) is 6.70. The van der Waals surface area contributed by atoms with E-state index < -0.39 is 0 Å². The van der Waals surface area contributed by atoms with E-state index in [0.717, 1.165) is 27.9 Å². The first kappa shape index (κ1) is 18.6. The Hall–Kier alpha value is -0.710. The average molecular weight is 411 g/mol. The number of allylic oxidation sites excluding steroid dienone is 1. The van der Waals surface area contributed by atoms with Crippen molar-refractivity contribution in [2.45, 2.75) is 51.4 Å². The number of ketones is 1. The summed E-state index contributed by atoms with van der Waals surface area (Å²) < 4.78 is 1.13. The van der Waals surface area contributed by atoms with Crippen LogP contribution in [0.25, 0.3) is 9.75 Å². The summed E-state index contributed by atoms with van der Waals surface area (Å²) in [6.45, 7) is 3.74. The standard InChI is InChI=1S/C19H23BrOS2/c1-2-3-4-5-6-7-8-9-10-15(21)16-11-12-17(22-16)18-13-14-19(20)23-18/h2,11-14H,1,3-10H2. The number of halogens is 1. The Morgan fingerprint density at radius 2 is 1.61 bits per heavy atom. The molecule has 2 rings (SSSR count). The summed E-state index contributed by atoms with van der Waals surface area (Å²) in [5.41, 5.74) is 0. The van der Waals surface area contributed by atoms with Gasteiger partial charge in [-0.2, -0.15) is 0 Å². The van der Waals surface area contributed by atoms with E-state index in [2.05, 4.69) is 40.7 Å². The third kappa shape index (κ3) is 6.36. The molecular weight excluding hydrogens is 388 g/mol. The number of rotatable bonds is 11. The molecule has 23 heavy (non-hydrogen) atoms. The maximum absolute atomic E-state index is 12.3. The monoisotopic (exact) mass is 410 g/mol. The highest BCUT2D eigenvalue weighted by Crippen LogP contribution is 2.36. The molecule has 0 fully saturated rings. The smallest absolute Gasteiger partial charge is 0.172 e. The van der Waals surface area contributed by atoms with Gasteiger partial charge >= 0.3 is 0 Å². The first-order chi connectivity index (χ1) is 11.2. The Kier molecular flexibility index (Phi) is 8.27. The van der Waals surface area contributed by atoms with Crippen molar-refractivity contribution in [1.29, 1.82) is 0 Å². The summed E-state index contributed by atoms with van der Waals surface area (Å²) in [5, 5.41) is 0. The summed E-state index contributed by atoms with van der Waals surface area (Å²) >= 11 is 6.81. The Balaban J connectivity index is 1.68. The van der Waals surface area contributed by atoms with Gasteiger partial charge in [-0.25, -0.2) is 0 Å². The van der Waals surface area contributed by atoms with Crippen LogP contribution in [0, 0.1) is 0 Å². The van der Waals surface area contributed by atoms with Gasteiger partial charge in [0.05, 0.1) is 8.66 Å².